The molecule has 5 heteroatoms. The van der Waals surface area contributed by atoms with Crippen molar-refractivity contribution in [2.24, 2.45) is 0 Å². The minimum Gasteiger partial charge on any atom is -0.349 e. The van der Waals surface area contributed by atoms with Crippen molar-refractivity contribution in [2.75, 3.05) is 5.32 Å². The molecule has 4 nitrogen and oxygen atoms in total. The SMILES string of the molecule is Cc1cc(Cl)ccc1NC(=O)c1cccc(C(=O)NC2CCCC2)c1. The summed E-state index contributed by atoms with van der Waals surface area (Å²) in [6.45, 7) is 1.88. The van der Waals surface area contributed by atoms with E-state index in [4.69, 9.17) is 11.6 Å². The number of carbonyl (C=O) groups is 2. The van der Waals surface area contributed by atoms with E-state index in [2.05, 4.69) is 10.6 Å². The highest BCUT2D eigenvalue weighted by atomic mass is 35.5. The molecule has 3 rings (SSSR count). The van der Waals surface area contributed by atoms with Crippen molar-refractivity contribution in [1.82, 2.24) is 5.32 Å². The molecule has 0 bridgehead atoms. The molecule has 2 N–H and O–H groups in total. The van der Waals surface area contributed by atoms with Crippen LogP contribution in [-0.2, 0) is 0 Å². The number of hydrogen-bond acceptors (Lipinski definition) is 2. The normalized spacial score (nSPS) is 14.3. The lowest BCUT2D eigenvalue weighted by Gasteiger charge is -2.13. The van der Waals surface area contributed by atoms with Gasteiger partial charge in [-0.25, -0.2) is 0 Å². The van der Waals surface area contributed by atoms with Gasteiger partial charge in [-0.3, -0.25) is 9.59 Å². The first-order chi connectivity index (χ1) is 12.0. The monoisotopic (exact) mass is 356 g/mol. The van der Waals surface area contributed by atoms with E-state index in [1.807, 2.05) is 6.92 Å². The highest BCUT2D eigenvalue weighted by Gasteiger charge is 2.18. The van der Waals surface area contributed by atoms with Crippen LogP contribution in [0.1, 0.15) is 52.0 Å². The van der Waals surface area contributed by atoms with Crippen LogP contribution in [0.5, 0.6) is 0 Å². The maximum absolute atomic E-state index is 12.5. The quantitative estimate of drug-likeness (QED) is 0.842. The summed E-state index contributed by atoms with van der Waals surface area (Å²) in [5, 5.41) is 6.53. The summed E-state index contributed by atoms with van der Waals surface area (Å²) < 4.78 is 0. The molecule has 0 aliphatic heterocycles. The van der Waals surface area contributed by atoms with Crippen LogP contribution in [0.3, 0.4) is 0 Å². The van der Waals surface area contributed by atoms with Crippen LogP contribution in [0.4, 0.5) is 5.69 Å². The smallest absolute Gasteiger partial charge is 0.255 e. The molecule has 1 fully saturated rings. The Morgan fingerprint density at radius 3 is 2.36 bits per heavy atom. The molecule has 0 atom stereocenters. The summed E-state index contributed by atoms with van der Waals surface area (Å²) in [5.41, 5.74) is 2.55. The molecule has 2 aromatic rings. The number of hydrogen-bond donors (Lipinski definition) is 2. The van der Waals surface area contributed by atoms with Gasteiger partial charge in [0.25, 0.3) is 11.8 Å². The van der Waals surface area contributed by atoms with Gasteiger partial charge in [0.1, 0.15) is 0 Å². The third-order valence-corrected chi connectivity index (χ3v) is 4.75. The van der Waals surface area contributed by atoms with E-state index < -0.39 is 0 Å². The molecule has 0 spiro atoms. The van der Waals surface area contributed by atoms with Gasteiger partial charge in [0.15, 0.2) is 0 Å². The van der Waals surface area contributed by atoms with Crippen molar-refractivity contribution in [2.45, 2.75) is 38.6 Å². The van der Waals surface area contributed by atoms with Gasteiger partial charge in [-0.05, 0) is 61.7 Å². The maximum atomic E-state index is 12.5. The fraction of sp³-hybridized carbons (Fsp3) is 0.300. The summed E-state index contributed by atoms with van der Waals surface area (Å²) in [6, 6.07) is 12.3. The largest absolute Gasteiger partial charge is 0.349 e. The zero-order chi connectivity index (χ0) is 17.8. The number of aryl methyl sites for hydroxylation is 1. The second-order valence-electron chi connectivity index (χ2n) is 6.45. The Hall–Kier alpha value is -2.33. The standard InChI is InChI=1S/C20H21ClN2O2/c1-13-11-16(21)9-10-18(13)23-20(25)15-6-4-5-14(12-15)19(24)22-17-7-2-3-8-17/h4-6,9-12,17H,2-3,7-8H2,1H3,(H,22,24)(H,23,25). The Balaban J connectivity index is 1.71. The van der Waals surface area contributed by atoms with Gasteiger partial charge in [-0.1, -0.05) is 30.5 Å². The number of halogens is 1. The number of nitrogens with one attached hydrogen (secondary N) is 2. The zero-order valence-corrected chi connectivity index (χ0v) is 14.9. The van der Waals surface area contributed by atoms with Gasteiger partial charge in [-0.15, -0.1) is 0 Å². The van der Waals surface area contributed by atoms with E-state index >= 15 is 0 Å². The van der Waals surface area contributed by atoms with Crippen LogP contribution in [0.2, 0.25) is 5.02 Å². The van der Waals surface area contributed by atoms with Crippen molar-refractivity contribution in [3.63, 3.8) is 0 Å². The maximum Gasteiger partial charge on any atom is 0.255 e. The molecular formula is C20H21ClN2O2. The van der Waals surface area contributed by atoms with Crippen LogP contribution in [0.25, 0.3) is 0 Å². The van der Waals surface area contributed by atoms with Crippen LogP contribution in [-0.4, -0.2) is 17.9 Å². The van der Waals surface area contributed by atoms with E-state index in [-0.39, 0.29) is 17.9 Å². The number of benzene rings is 2. The summed E-state index contributed by atoms with van der Waals surface area (Å²) in [5.74, 6) is -0.370. The molecule has 0 unspecified atom stereocenters. The minimum atomic E-state index is -0.249. The summed E-state index contributed by atoms with van der Waals surface area (Å²) in [6.07, 6.45) is 4.38. The molecule has 0 radical (unpaired) electrons. The Morgan fingerprint density at radius 1 is 1.00 bits per heavy atom. The Morgan fingerprint density at radius 2 is 1.68 bits per heavy atom. The molecular weight excluding hydrogens is 336 g/mol. The van der Waals surface area contributed by atoms with Crippen LogP contribution in [0, 0.1) is 6.92 Å². The first-order valence-electron chi connectivity index (χ1n) is 8.51. The summed E-state index contributed by atoms with van der Waals surface area (Å²) >= 11 is 5.94. The van der Waals surface area contributed by atoms with Crippen molar-refractivity contribution >= 4 is 29.1 Å². The lowest BCUT2D eigenvalue weighted by Crippen LogP contribution is -2.32. The first kappa shape index (κ1) is 17.5. The van der Waals surface area contributed by atoms with Crippen LogP contribution in [0.15, 0.2) is 42.5 Å². The topological polar surface area (TPSA) is 58.2 Å². The second kappa shape index (κ2) is 7.70. The molecule has 1 saturated carbocycles. The molecule has 0 heterocycles. The van der Waals surface area contributed by atoms with Crippen molar-refractivity contribution in [3.05, 3.63) is 64.2 Å². The third-order valence-electron chi connectivity index (χ3n) is 4.51. The Bertz CT molecular complexity index is 798. The van der Waals surface area contributed by atoms with Gasteiger partial charge in [0.05, 0.1) is 0 Å². The fourth-order valence-electron chi connectivity index (χ4n) is 3.10. The predicted molar refractivity (Wildman–Crippen MR) is 100 cm³/mol. The van der Waals surface area contributed by atoms with E-state index in [1.54, 1.807) is 42.5 Å². The fourth-order valence-corrected chi connectivity index (χ4v) is 3.33. The highest BCUT2D eigenvalue weighted by molar-refractivity contribution is 6.30. The van der Waals surface area contributed by atoms with Gasteiger partial charge in [0.2, 0.25) is 0 Å². The zero-order valence-electron chi connectivity index (χ0n) is 14.1. The second-order valence-corrected chi connectivity index (χ2v) is 6.89. The predicted octanol–water partition coefficient (Wildman–Crippen LogP) is 4.57. The molecule has 25 heavy (non-hydrogen) atoms. The molecule has 0 saturated heterocycles. The van der Waals surface area contributed by atoms with Crippen molar-refractivity contribution < 1.29 is 9.59 Å². The molecule has 0 aromatic heterocycles. The first-order valence-corrected chi connectivity index (χ1v) is 8.89. The average Bonchev–Trinajstić information content (AvgIpc) is 3.10. The van der Waals surface area contributed by atoms with Crippen LogP contribution < -0.4 is 10.6 Å². The van der Waals surface area contributed by atoms with Crippen LogP contribution >= 0.6 is 11.6 Å². The Labute approximate surface area is 152 Å². The van der Waals surface area contributed by atoms with Crippen molar-refractivity contribution in [1.29, 1.82) is 0 Å². The molecule has 2 aromatic carbocycles. The number of anilines is 1. The number of carbonyl (C=O) groups excluding carboxylic acids is 2. The van der Waals surface area contributed by atoms with Crippen molar-refractivity contribution in [3.8, 4) is 0 Å². The van der Waals surface area contributed by atoms with E-state index in [0.29, 0.717) is 21.8 Å². The number of rotatable bonds is 4. The lowest BCUT2D eigenvalue weighted by atomic mass is 10.1. The number of amides is 2. The van der Waals surface area contributed by atoms with Gasteiger partial charge >= 0.3 is 0 Å². The minimum absolute atomic E-state index is 0.121. The Kier molecular flexibility index (Phi) is 5.39. The van der Waals surface area contributed by atoms with Gasteiger partial charge in [-0.2, -0.15) is 0 Å². The average molecular weight is 357 g/mol. The molecule has 1 aliphatic rings. The molecule has 2 amide bonds. The highest BCUT2D eigenvalue weighted by Crippen LogP contribution is 2.21. The van der Waals surface area contributed by atoms with Gasteiger partial charge < -0.3 is 10.6 Å². The molecule has 130 valence electrons. The van der Waals surface area contributed by atoms with E-state index in [1.165, 1.54) is 0 Å². The van der Waals surface area contributed by atoms with E-state index in [0.717, 1.165) is 31.2 Å². The lowest BCUT2D eigenvalue weighted by molar-refractivity contribution is 0.0938. The summed E-state index contributed by atoms with van der Waals surface area (Å²) in [4.78, 5) is 24.9. The van der Waals surface area contributed by atoms with Gasteiger partial charge in [0, 0.05) is 27.9 Å². The third kappa shape index (κ3) is 4.40. The van der Waals surface area contributed by atoms with E-state index in [9.17, 15) is 9.59 Å². The summed E-state index contributed by atoms with van der Waals surface area (Å²) in [7, 11) is 0. The molecule has 1 aliphatic carbocycles.